The summed E-state index contributed by atoms with van der Waals surface area (Å²) in [5, 5.41) is 3.35. The molecule has 0 aliphatic heterocycles. The van der Waals surface area contributed by atoms with Crippen molar-refractivity contribution < 1.29 is 22.4 Å². The van der Waals surface area contributed by atoms with Gasteiger partial charge in [-0.25, -0.2) is 12.8 Å². The molecule has 2 amide bonds. The first-order chi connectivity index (χ1) is 18.0. The zero-order valence-corrected chi connectivity index (χ0v) is 23.0. The van der Waals surface area contributed by atoms with Crippen LogP contribution in [0.25, 0.3) is 0 Å². The summed E-state index contributed by atoms with van der Waals surface area (Å²) < 4.78 is 41.7. The Labute approximate surface area is 228 Å². The number of sulfonamides is 1. The maximum absolute atomic E-state index is 13.8. The van der Waals surface area contributed by atoms with Crippen LogP contribution in [0.4, 0.5) is 10.1 Å². The Morgan fingerprint density at radius 2 is 1.63 bits per heavy atom. The largest absolute Gasteiger partial charge is 0.352 e. The highest BCUT2D eigenvalue weighted by atomic mass is 35.5. The van der Waals surface area contributed by atoms with Gasteiger partial charge in [-0.15, -0.1) is 0 Å². The monoisotopic (exact) mass is 559 g/mol. The van der Waals surface area contributed by atoms with Crippen molar-refractivity contribution in [3.8, 4) is 0 Å². The Kier molecular flexibility index (Phi) is 9.88. The van der Waals surface area contributed by atoms with E-state index in [0.717, 1.165) is 28.6 Å². The number of nitrogens with zero attached hydrogens (tertiary/aromatic N) is 2. The van der Waals surface area contributed by atoms with Gasteiger partial charge in [0.2, 0.25) is 11.8 Å². The molecule has 0 aromatic heterocycles. The maximum atomic E-state index is 13.8. The van der Waals surface area contributed by atoms with Gasteiger partial charge in [-0.3, -0.25) is 13.9 Å². The molecule has 2 atom stereocenters. The second-order valence-electron chi connectivity index (χ2n) is 8.95. The smallest absolute Gasteiger partial charge is 0.264 e. The molecule has 0 saturated heterocycles. The number of amides is 2. The normalized spacial score (nSPS) is 12.9. The molecule has 0 aliphatic rings. The lowest BCUT2D eigenvalue weighted by Crippen LogP contribution is -2.52. The van der Waals surface area contributed by atoms with Crippen molar-refractivity contribution >= 4 is 39.1 Å². The molecule has 0 unspecified atom stereocenters. The van der Waals surface area contributed by atoms with Gasteiger partial charge in [-0.1, -0.05) is 48.9 Å². The lowest BCUT2D eigenvalue weighted by atomic mass is 10.1. The van der Waals surface area contributed by atoms with Gasteiger partial charge >= 0.3 is 0 Å². The molecule has 3 rings (SSSR count). The second kappa shape index (κ2) is 12.9. The number of rotatable bonds is 11. The van der Waals surface area contributed by atoms with E-state index >= 15 is 0 Å². The Balaban J connectivity index is 2.00. The number of para-hydroxylation sites is 1. The third-order valence-corrected chi connectivity index (χ3v) is 8.16. The highest BCUT2D eigenvalue weighted by molar-refractivity contribution is 7.92. The van der Waals surface area contributed by atoms with Crippen LogP contribution < -0.4 is 9.62 Å². The maximum Gasteiger partial charge on any atom is 0.264 e. The number of carbonyl (C=O) groups excluding carboxylic acids is 2. The molecule has 38 heavy (non-hydrogen) atoms. The molecule has 0 radical (unpaired) electrons. The van der Waals surface area contributed by atoms with E-state index in [2.05, 4.69) is 5.32 Å². The van der Waals surface area contributed by atoms with Crippen molar-refractivity contribution in [3.63, 3.8) is 0 Å². The number of hydrogen-bond donors (Lipinski definition) is 1. The topological polar surface area (TPSA) is 86.8 Å². The predicted molar refractivity (Wildman–Crippen MR) is 147 cm³/mol. The van der Waals surface area contributed by atoms with E-state index < -0.39 is 34.3 Å². The average Bonchev–Trinajstić information content (AvgIpc) is 2.90. The van der Waals surface area contributed by atoms with E-state index in [0.29, 0.717) is 17.0 Å². The Bertz CT molecular complexity index is 1350. The molecule has 10 heteroatoms. The van der Waals surface area contributed by atoms with Crippen molar-refractivity contribution in [2.45, 2.75) is 50.7 Å². The van der Waals surface area contributed by atoms with Gasteiger partial charge in [0, 0.05) is 17.6 Å². The zero-order chi connectivity index (χ0) is 27.9. The molecule has 0 spiro atoms. The van der Waals surface area contributed by atoms with Crippen molar-refractivity contribution in [3.05, 3.63) is 95.3 Å². The molecule has 3 aromatic carbocycles. The van der Waals surface area contributed by atoms with E-state index in [9.17, 15) is 22.4 Å². The molecular weight excluding hydrogens is 529 g/mol. The summed E-state index contributed by atoms with van der Waals surface area (Å²) in [6.07, 6.45) is 0.707. The van der Waals surface area contributed by atoms with E-state index in [-0.39, 0.29) is 29.1 Å². The SMILES string of the molecule is CC[C@H](C)NC(=O)[C@@H](C)N(Cc1cccc(Cl)c1)C(=O)CN(c1ccccc1)S(=O)(=O)c1ccc(F)cc1. The van der Waals surface area contributed by atoms with Gasteiger partial charge in [0.15, 0.2) is 0 Å². The van der Waals surface area contributed by atoms with Gasteiger partial charge in [0.25, 0.3) is 10.0 Å². The molecule has 1 N–H and O–H groups in total. The van der Waals surface area contributed by atoms with Crippen LogP contribution in [0.3, 0.4) is 0 Å². The van der Waals surface area contributed by atoms with Crippen LogP contribution in [-0.2, 0) is 26.2 Å². The number of anilines is 1. The van der Waals surface area contributed by atoms with E-state index in [1.165, 1.54) is 4.90 Å². The lowest BCUT2D eigenvalue weighted by molar-refractivity contribution is -0.139. The number of hydrogen-bond acceptors (Lipinski definition) is 4. The summed E-state index contributed by atoms with van der Waals surface area (Å²) in [5.41, 5.74) is 0.936. The third-order valence-electron chi connectivity index (χ3n) is 6.13. The predicted octanol–water partition coefficient (Wildman–Crippen LogP) is 5.01. The Morgan fingerprint density at radius 3 is 2.24 bits per heavy atom. The summed E-state index contributed by atoms with van der Waals surface area (Å²) in [6.45, 7) is 4.85. The summed E-state index contributed by atoms with van der Waals surface area (Å²) in [5.74, 6) is -1.53. The summed E-state index contributed by atoms with van der Waals surface area (Å²) in [6, 6.07) is 18.4. The Hall–Kier alpha value is -3.43. The zero-order valence-electron chi connectivity index (χ0n) is 21.5. The van der Waals surface area contributed by atoms with Gasteiger partial charge in [0.1, 0.15) is 18.4 Å². The summed E-state index contributed by atoms with van der Waals surface area (Å²) in [7, 11) is -4.25. The van der Waals surface area contributed by atoms with Crippen molar-refractivity contribution in [2.75, 3.05) is 10.8 Å². The van der Waals surface area contributed by atoms with Gasteiger partial charge in [0.05, 0.1) is 10.6 Å². The molecule has 202 valence electrons. The fourth-order valence-corrected chi connectivity index (χ4v) is 5.36. The average molecular weight is 560 g/mol. The first-order valence-corrected chi connectivity index (χ1v) is 14.0. The summed E-state index contributed by atoms with van der Waals surface area (Å²) in [4.78, 5) is 28.0. The highest BCUT2D eigenvalue weighted by Crippen LogP contribution is 2.25. The van der Waals surface area contributed by atoms with E-state index in [4.69, 9.17) is 11.6 Å². The molecule has 0 aliphatic carbocycles. The molecule has 0 heterocycles. The first-order valence-electron chi connectivity index (χ1n) is 12.2. The lowest BCUT2D eigenvalue weighted by Gasteiger charge is -2.32. The third kappa shape index (κ3) is 7.33. The molecule has 0 saturated carbocycles. The number of nitrogens with one attached hydrogen (secondary N) is 1. The van der Waals surface area contributed by atoms with Crippen LogP contribution in [0.2, 0.25) is 5.02 Å². The van der Waals surface area contributed by atoms with Crippen LogP contribution >= 0.6 is 11.6 Å². The second-order valence-corrected chi connectivity index (χ2v) is 11.2. The summed E-state index contributed by atoms with van der Waals surface area (Å²) >= 11 is 6.14. The standard InChI is InChI=1S/C28H31ClFN3O4S/c1-4-20(2)31-28(35)21(3)32(18-22-9-8-10-23(29)17-22)27(34)19-33(25-11-6-5-7-12-25)38(36,37)26-15-13-24(30)14-16-26/h5-17,20-21H,4,18-19H2,1-3H3,(H,31,35)/t20-,21+/m0/s1. The highest BCUT2D eigenvalue weighted by Gasteiger charge is 2.32. The molecule has 0 bridgehead atoms. The molecular formula is C28H31ClFN3O4S. The Morgan fingerprint density at radius 1 is 0.974 bits per heavy atom. The van der Waals surface area contributed by atoms with Crippen molar-refractivity contribution in [1.82, 2.24) is 10.2 Å². The van der Waals surface area contributed by atoms with Crippen molar-refractivity contribution in [2.24, 2.45) is 0 Å². The molecule has 0 fully saturated rings. The number of benzene rings is 3. The van der Waals surface area contributed by atoms with Gasteiger partial charge in [-0.2, -0.15) is 0 Å². The molecule has 7 nitrogen and oxygen atoms in total. The van der Waals surface area contributed by atoms with E-state index in [1.54, 1.807) is 61.5 Å². The first kappa shape index (κ1) is 29.1. The van der Waals surface area contributed by atoms with E-state index in [1.807, 2.05) is 13.8 Å². The number of carbonyl (C=O) groups is 2. The van der Waals surface area contributed by atoms with Crippen LogP contribution in [0.1, 0.15) is 32.8 Å². The minimum Gasteiger partial charge on any atom is -0.352 e. The fraction of sp³-hybridized carbons (Fsp3) is 0.286. The van der Waals surface area contributed by atoms with Gasteiger partial charge in [-0.05, 0) is 74.4 Å². The van der Waals surface area contributed by atoms with Crippen LogP contribution in [0.15, 0.2) is 83.8 Å². The van der Waals surface area contributed by atoms with Crippen molar-refractivity contribution in [1.29, 1.82) is 0 Å². The minimum absolute atomic E-state index is 0.0354. The van der Waals surface area contributed by atoms with Gasteiger partial charge < -0.3 is 10.2 Å². The van der Waals surface area contributed by atoms with Crippen LogP contribution in [0.5, 0.6) is 0 Å². The number of halogens is 2. The fourth-order valence-electron chi connectivity index (χ4n) is 3.74. The van der Waals surface area contributed by atoms with Crippen LogP contribution in [-0.4, -0.2) is 43.8 Å². The minimum atomic E-state index is -4.25. The molecule has 3 aromatic rings. The quantitative estimate of drug-likeness (QED) is 0.358. The van der Waals surface area contributed by atoms with Crippen LogP contribution in [0, 0.1) is 5.82 Å².